The summed E-state index contributed by atoms with van der Waals surface area (Å²) in [6.07, 6.45) is 4.53. The zero-order valence-electron chi connectivity index (χ0n) is 14.8. The van der Waals surface area contributed by atoms with E-state index in [0.717, 1.165) is 32.1 Å². The number of nitrogens with one attached hydrogen (secondary N) is 3. The number of halogens is 5. The fraction of sp³-hybridized carbons (Fsp3) is 0.529. The van der Waals surface area contributed by atoms with Crippen molar-refractivity contribution >= 4 is 86.9 Å². The molecular weight excluding hydrogens is 472 g/mol. The molecule has 3 N–H and O–H groups in total. The predicted molar refractivity (Wildman–Crippen MR) is 121 cm³/mol. The summed E-state index contributed by atoms with van der Waals surface area (Å²) in [4.78, 5) is 12.1. The smallest absolute Gasteiger partial charge is 0.228 e. The number of anilines is 1. The molecule has 10 heteroatoms. The molecule has 0 spiro atoms. The van der Waals surface area contributed by atoms with Gasteiger partial charge in [-0.3, -0.25) is 4.79 Å². The van der Waals surface area contributed by atoms with Gasteiger partial charge in [0.1, 0.15) is 6.17 Å². The highest BCUT2D eigenvalue weighted by Crippen LogP contribution is 2.30. The lowest BCUT2D eigenvalue weighted by Gasteiger charge is -2.28. The maximum Gasteiger partial charge on any atom is 0.228 e. The monoisotopic (exact) mass is 491 g/mol. The average Bonchev–Trinajstić information content (AvgIpc) is 2.56. The normalized spacial score (nSPS) is 12.4. The van der Waals surface area contributed by atoms with E-state index in [0.29, 0.717) is 22.2 Å². The maximum atomic E-state index is 12.1. The predicted octanol–water partition coefficient (Wildman–Crippen LogP) is 6.45. The van der Waals surface area contributed by atoms with Gasteiger partial charge in [0, 0.05) is 11.4 Å². The first kappa shape index (κ1) is 24.9. The highest BCUT2D eigenvalue weighted by molar-refractivity contribution is 7.80. The average molecular weight is 494 g/mol. The van der Waals surface area contributed by atoms with Crippen molar-refractivity contribution in [1.29, 1.82) is 0 Å². The van der Waals surface area contributed by atoms with E-state index in [-0.39, 0.29) is 11.0 Å². The summed E-state index contributed by atoms with van der Waals surface area (Å²) < 4.78 is -1.80. The molecule has 1 atom stereocenters. The molecule has 27 heavy (non-hydrogen) atoms. The summed E-state index contributed by atoms with van der Waals surface area (Å²) >= 11 is 35.1. The Morgan fingerprint density at radius 2 is 1.78 bits per heavy atom. The number of carbonyl (C=O) groups excluding carboxylic acids is 1. The number of hydrogen-bond donors (Lipinski definition) is 3. The molecule has 0 aliphatic rings. The van der Waals surface area contributed by atoms with Crippen LogP contribution >= 0.6 is 70.2 Å². The van der Waals surface area contributed by atoms with Crippen molar-refractivity contribution in [3.63, 3.8) is 0 Å². The summed E-state index contributed by atoms with van der Waals surface area (Å²) in [5, 5.41) is 9.35. The van der Waals surface area contributed by atoms with E-state index in [2.05, 4.69) is 22.9 Å². The number of amides is 1. The van der Waals surface area contributed by atoms with Gasteiger partial charge < -0.3 is 16.0 Å². The lowest BCUT2D eigenvalue weighted by molar-refractivity contribution is -0.122. The van der Waals surface area contributed by atoms with Gasteiger partial charge in [0.05, 0.1) is 10.7 Å². The molecule has 0 aromatic heterocycles. The Balaban J connectivity index is 2.58. The second-order valence-electron chi connectivity index (χ2n) is 5.93. The minimum atomic E-state index is -1.80. The molecule has 0 heterocycles. The van der Waals surface area contributed by atoms with E-state index in [1.54, 1.807) is 18.2 Å². The van der Waals surface area contributed by atoms with Crippen molar-refractivity contribution in [2.75, 3.05) is 5.32 Å². The second-order valence-corrected chi connectivity index (χ2v) is 9.55. The van der Waals surface area contributed by atoms with Gasteiger partial charge in [-0.25, -0.2) is 0 Å². The van der Waals surface area contributed by atoms with Crippen LogP contribution in [0.15, 0.2) is 18.2 Å². The molecule has 0 bridgehead atoms. The van der Waals surface area contributed by atoms with Gasteiger partial charge in [0.2, 0.25) is 9.70 Å². The van der Waals surface area contributed by atoms with Crippen LogP contribution in [0.1, 0.15) is 45.4 Å². The van der Waals surface area contributed by atoms with Crippen LogP contribution < -0.4 is 16.0 Å². The molecule has 1 aromatic carbocycles. The highest BCUT2D eigenvalue weighted by Gasteiger charge is 2.34. The molecule has 1 amide bonds. The van der Waals surface area contributed by atoms with Crippen LogP contribution in [0, 0.1) is 0 Å². The van der Waals surface area contributed by atoms with Gasteiger partial charge in [-0.05, 0) is 36.8 Å². The minimum absolute atomic E-state index is 0.138. The number of rotatable bonds is 9. The third kappa shape index (κ3) is 10.2. The van der Waals surface area contributed by atoms with E-state index in [1.165, 1.54) is 0 Å². The number of unbranched alkanes of at least 4 members (excludes halogenated alkanes) is 4. The summed E-state index contributed by atoms with van der Waals surface area (Å²) in [5.74, 6) is -0.220. The van der Waals surface area contributed by atoms with E-state index in [4.69, 9.17) is 70.2 Å². The lowest BCUT2D eigenvalue weighted by Crippen LogP contribution is -2.56. The van der Waals surface area contributed by atoms with Crippen LogP contribution in [0.25, 0.3) is 0 Å². The molecule has 1 rings (SSSR count). The van der Waals surface area contributed by atoms with Crippen LogP contribution in [0.2, 0.25) is 10.0 Å². The molecule has 0 fully saturated rings. The Hall–Kier alpha value is -0.170. The first-order chi connectivity index (χ1) is 12.6. The Kier molecular flexibility index (Phi) is 11.4. The Morgan fingerprint density at radius 1 is 1.11 bits per heavy atom. The number of alkyl halides is 3. The van der Waals surface area contributed by atoms with Gasteiger partial charge in [-0.15, -0.1) is 0 Å². The van der Waals surface area contributed by atoms with Gasteiger partial charge in [0.25, 0.3) is 0 Å². The molecule has 0 aliphatic heterocycles. The molecule has 4 nitrogen and oxygen atoms in total. The van der Waals surface area contributed by atoms with Crippen molar-refractivity contribution in [2.24, 2.45) is 0 Å². The van der Waals surface area contributed by atoms with Crippen LogP contribution in [0.5, 0.6) is 0 Å². The van der Waals surface area contributed by atoms with Crippen molar-refractivity contribution in [3.05, 3.63) is 28.2 Å². The van der Waals surface area contributed by atoms with Crippen molar-refractivity contribution < 1.29 is 4.79 Å². The van der Waals surface area contributed by atoms with E-state index in [1.807, 2.05) is 0 Å². The lowest BCUT2D eigenvalue weighted by atomic mass is 10.1. The van der Waals surface area contributed by atoms with Crippen molar-refractivity contribution in [2.45, 2.75) is 55.4 Å². The van der Waals surface area contributed by atoms with Crippen LogP contribution in [0.4, 0.5) is 5.69 Å². The summed E-state index contributed by atoms with van der Waals surface area (Å²) in [6, 6.07) is 4.89. The Morgan fingerprint density at radius 3 is 2.37 bits per heavy atom. The second kappa shape index (κ2) is 12.4. The van der Waals surface area contributed by atoms with Gasteiger partial charge in [-0.1, -0.05) is 90.6 Å². The summed E-state index contributed by atoms with van der Waals surface area (Å²) in [5.41, 5.74) is 0.531. The summed E-state index contributed by atoms with van der Waals surface area (Å²) in [7, 11) is 0. The first-order valence-corrected chi connectivity index (χ1v) is 10.8. The van der Waals surface area contributed by atoms with E-state index >= 15 is 0 Å². The van der Waals surface area contributed by atoms with Crippen LogP contribution in [0.3, 0.4) is 0 Å². The largest absolute Gasteiger partial charge is 0.339 e. The molecule has 0 radical (unpaired) electrons. The molecule has 1 aromatic rings. The maximum absolute atomic E-state index is 12.1. The number of benzene rings is 1. The third-order valence-corrected chi connectivity index (χ3v) is 5.02. The third-order valence-electron chi connectivity index (χ3n) is 3.59. The SMILES string of the molecule is CCCCCCCC(=O)N[C@@H](NC(=S)Nc1ccc(Cl)cc1Cl)C(Cl)(Cl)Cl. The quantitative estimate of drug-likeness (QED) is 0.160. The highest BCUT2D eigenvalue weighted by atomic mass is 35.6. The number of thiocarbonyl (C=S) groups is 1. The first-order valence-electron chi connectivity index (χ1n) is 8.52. The van der Waals surface area contributed by atoms with Crippen molar-refractivity contribution in [3.8, 4) is 0 Å². The molecule has 0 saturated heterocycles. The van der Waals surface area contributed by atoms with Gasteiger partial charge in [-0.2, -0.15) is 0 Å². The fourth-order valence-electron chi connectivity index (χ4n) is 2.20. The zero-order valence-corrected chi connectivity index (χ0v) is 19.4. The molecular formula is C17H22Cl5N3OS. The zero-order chi connectivity index (χ0) is 20.4. The number of carbonyl (C=O) groups is 1. The fourth-order valence-corrected chi connectivity index (χ4v) is 3.21. The summed E-state index contributed by atoms with van der Waals surface area (Å²) in [6.45, 7) is 2.14. The van der Waals surface area contributed by atoms with Crippen LogP contribution in [-0.2, 0) is 4.79 Å². The molecule has 0 saturated carbocycles. The van der Waals surface area contributed by atoms with Gasteiger partial charge in [0.15, 0.2) is 5.11 Å². The minimum Gasteiger partial charge on any atom is -0.339 e. The topological polar surface area (TPSA) is 53.2 Å². The number of hydrogen-bond acceptors (Lipinski definition) is 2. The van der Waals surface area contributed by atoms with E-state index in [9.17, 15) is 4.79 Å². The Labute approximate surface area is 190 Å². The molecule has 152 valence electrons. The van der Waals surface area contributed by atoms with Crippen molar-refractivity contribution in [1.82, 2.24) is 10.6 Å². The Bertz CT molecular complexity index is 639. The molecule has 0 aliphatic carbocycles. The van der Waals surface area contributed by atoms with Crippen LogP contribution in [-0.4, -0.2) is 21.0 Å². The van der Waals surface area contributed by atoms with E-state index < -0.39 is 9.96 Å². The van der Waals surface area contributed by atoms with Gasteiger partial charge >= 0.3 is 0 Å². The molecule has 0 unspecified atom stereocenters. The standard InChI is InChI=1S/C17H22Cl5N3OS/c1-2-3-4-5-6-7-14(26)24-15(17(20,21)22)25-16(27)23-13-9-8-11(18)10-12(13)19/h8-10,15H,2-7H2,1H3,(H,24,26)(H2,23,25,27)/t15-/m0/s1.